The fraction of sp³-hybridized carbons (Fsp3) is 1.00. The van der Waals surface area contributed by atoms with Gasteiger partial charge in [-0.05, 0) is 19.8 Å². The Morgan fingerprint density at radius 1 is 1.50 bits per heavy atom. The van der Waals surface area contributed by atoms with Crippen molar-refractivity contribution in [1.82, 2.24) is 0 Å². The van der Waals surface area contributed by atoms with Crippen LogP contribution in [0.25, 0.3) is 0 Å². The van der Waals surface area contributed by atoms with Gasteiger partial charge in [-0.15, -0.1) is 0 Å². The first-order chi connectivity index (χ1) is 5.75. The molecule has 12 heavy (non-hydrogen) atoms. The van der Waals surface area contributed by atoms with E-state index in [4.69, 9.17) is 9.47 Å². The van der Waals surface area contributed by atoms with E-state index in [9.17, 15) is 5.11 Å². The summed E-state index contributed by atoms with van der Waals surface area (Å²) in [5.74, 6) is -0.715. The molecule has 0 bridgehead atoms. The summed E-state index contributed by atoms with van der Waals surface area (Å²) in [4.78, 5) is 0. The molecule has 1 fully saturated rings. The van der Waals surface area contributed by atoms with E-state index in [1.54, 1.807) is 7.11 Å². The lowest BCUT2D eigenvalue weighted by Gasteiger charge is -2.39. The zero-order valence-electron chi connectivity index (χ0n) is 7.88. The Balaban J connectivity index is 2.60. The molecule has 0 heterocycles. The first kappa shape index (κ1) is 9.96. The Kier molecular flexibility index (Phi) is 3.50. The highest BCUT2D eigenvalue weighted by Crippen LogP contribution is 2.32. The van der Waals surface area contributed by atoms with Crippen LogP contribution >= 0.6 is 0 Å². The monoisotopic (exact) mass is 174 g/mol. The van der Waals surface area contributed by atoms with Crippen molar-refractivity contribution in [2.24, 2.45) is 0 Å². The van der Waals surface area contributed by atoms with E-state index in [1.165, 1.54) is 0 Å². The molecule has 0 amide bonds. The van der Waals surface area contributed by atoms with Crippen LogP contribution in [-0.4, -0.2) is 30.7 Å². The van der Waals surface area contributed by atoms with Gasteiger partial charge in [0.25, 0.3) is 0 Å². The molecule has 1 aliphatic rings. The van der Waals surface area contributed by atoms with Crippen LogP contribution in [-0.2, 0) is 9.47 Å². The number of aliphatic hydroxyl groups excluding tert-OH is 1. The van der Waals surface area contributed by atoms with Crippen molar-refractivity contribution >= 4 is 0 Å². The molecule has 0 aromatic heterocycles. The number of aliphatic hydroxyl groups is 1. The van der Waals surface area contributed by atoms with Crippen LogP contribution in [0.1, 0.15) is 32.6 Å². The van der Waals surface area contributed by atoms with Crippen molar-refractivity contribution in [1.29, 1.82) is 0 Å². The number of methoxy groups -OCH3 is 1. The van der Waals surface area contributed by atoms with Gasteiger partial charge in [-0.2, -0.15) is 0 Å². The van der Waals surface area contributed by atoms with Crippen LogP contribution in [0.2, 0.25) is 0 Å². The van der Waals surface area contributed by atoms with Gasteiger partial charge < -0.3 is 14.6 Å². The third kappa shape index (κ3) is 1.79. The Bertz CT molecular complexity index is 134. The molecule has 3 heteroatoms. The maximum Gasteiger partial charge on any atom is 0.194 e. The zero-order chi connectivity index (χ0) is 9.03. The molecule has 2 unspecified atom stereocenters. The summed E-state index contributed by atoms with van der Waals surface area (Å²) in [7, 11) is 1.60. The van der Waals surface area contributed by atoms with Crippen molar-refractivity contribution in [3.8, 4) is 0 Å². The lowest BCUT2D eigenvalue weighted by molar-refractivity contribution is -0.282. The van der Waals surface area contributed by atoms with Gasteiger partial charge >= 0.3 is 0 Å². The second-order valence-corrected chi connectivity index (χ2v) is 3.21. The summed E-state index contributed by atoms with van der Waals surface area (Å²) in [6.45, 7) is 2.51. The molecule has 0 aliphatic heterocycles. The summed E-state index contributed by atoms with van der Waals surface area (Å²) in [5, 5.41) is 9.70. The molecular formula is C9H18O3. The van der Waals surface area contributed by atoms with E-state index in [0.29, 0.717) is 6.61 Å². The quantitative estimate of drug-likeness (QED) is 0.655. The second kappa shape index (κ2) is 4.21. The first-order valence-electron chi connectivity index (χ1n) is 4.62. The molecule has 1 aliphatic carbocycles. The van der Waals surface area contributed by atoms with Crippen LogP contribution in [0.5, 0.6) is 0 Å². The summed E-state index contributed by atoms with van der Waals surface area (Å²) in [6.07, 6.45) is 3.27. The molecule has 72 valence electrons. The largest absolute Gasteiger partial charge is 0.388 e. The highest BCUT2D eigenvalue weighted by atomic mass is 16.7. The summed E-state index contributed by atoms with van der Waals surface area (Å²) in [6, 6.07) is 0. The van der Waals surface area contributed by atoms with Gasteiger partial charge in [0.15, 0.2) is 5.79 Å². The average Bonchev–Trinajstić information content (AvgIpc) is 2.10. The fourth-order valence-electron chi connectivity index (χ4n) is 1.81. The van der Waals surface area contributed by atoms with Gasteiger partial charge in [0.1, 0.15) is 6.10 Å². The van der Waals surface area contributed by atoms with E-state index >= 15 is 0 Å². The molecular weight excluding hydrogens is 156 g/mol. The van der Waals surface area contributed by atoms with Crippen molar-refractivity contribution in [2.75, 3.05) is 13.7 Å². The number of rotatable bonds is 3. The second-order valence-electron chi connectivity index (χ2n) is 3.21. The smallest absolute Gasteiger partial charge is 0.194 e. The molecule has 1 N–H and O–H groups in total. The maximum atomic E-state index is 9.70. The number of hydrogen-bond donors (Lipinski definition) is 1. The molecule has 0 saturated heterocycles. The zero-order valence-corrected chi connectivity index (χ0v) is 7.88. The molecule has 1 rings (SSSR count). The van der Waals surface area contributed by atoms with Crippen LogP contribution < -0.4 is 0 Å². The minimum Gasteiger partial charge on any atom is -0.388 e. The van der Waals surface area contributed by atoms with Crippen molar-refractivity contribution in [3.63, 3.8) is 0 Å². The molecule has 0 aromatic carbocycles. The summed E-state index contributed by atoms with van der Waals surface area (Å²) >= 11 is 0. The molecule has 2 atom stereocenters. The number of ether oxygens (including phenoxy) is 2. The molecule has 0 spiro atoms. The standard InChI is InChI=1S/C9H18O3/c1-3-12-9(11-2)7-5-4-6-8(9)10/h8,10H,3-7H2,1-2H3. The van der Waals surface area contributed by atoms with Gasteiger partial charge in [-0.25, -0.2) is 0 Å². The highest BCUT2D eigenvalue weighted by Gasteiger charge is 2.40. The van der Waals surface area contributed by atoms with E-state index in [2.05, 4.69) is 0 Å². The van der Waals surface area contributed by atoms with Gasteiger partial charge in [0.05, 0.1) is 0 Å². The van der Waals surface area contributed by atoms with Gasteiger partial charge in [0.2, 0.25) is 0 Å². The van der Waals surface area contributed by atoms with Crippen molar-refractivity contribution < 1.29 is 14.6 Å². The van der Waals surface area contributed by atoms with Crippen LogP contribution in [0.4, 0.5) is 0 Å². The van der Waals surface area contributed by atoms with Gasteiger partial charge in [-0.3, -0.25) is 0 Å². The summed E-state index contributed by atoms with van der Waals surface area (Å²) < 4.78 is 10.7. The summed E-state index contributed by atoms with van der Waals surface area (Å²) in [5.41, 5.74) is 0. The van der Waals surface area contributed by atoms with Crippen LogP contribution in [0, 0.1) is 0 Å². The SMILES string of the molecule is CCOC1(OC)CCCCC1O. The Hall–Kier alpha value is -0.120. The fourth-order valence-corrected chi connectivity index (χ4v) is 1.81. The maximum absolute atomic E-state index is 9.70. The van der Waals surface area contributed by atoms with Crippen LogP contribution in [0.15, 0.2) is 0 Å². The third-order valence-electron chi connectivity index (χ3n) is 2.49. The molecule has 1 saturated carbocycles. The minimum atomic E-state index is -0.715. The van der Waals surface area contributed by atoms with Crippen molar-refractivity contribution in [3.05, 3.63) is 0 Å². The normalized spacial score (nSPS) is 36.8. The van der Waals surface area contributed by atoms with Gasteiger partial charge in [0, 0.05) is 20.1 Å². The van der Waals surface area contributed by atoms with Crippen LogP contribution in [0.3, 0.4) is 0 Å². The third-order valence-corrected chi connectivity index (χ3v) is 2.49. The minimum absolute atomic E-state index is 0.462. The van der Waals surface area contributed by atoms with E-state index in [1.807, 2.05) is 6.92 Å². The molecule has 3 nitrogen and oxygen atoms in total. The Labute approximate surface area is 73.7 Å². The Morgan fingerprint density at radius 2 is 2.25 bits per heavy atom. The lowest BCUT2D eigenvalue weighted by Crippen LogP contribution is -2.48. The van der Waals surface area contributed by atoms with E-state index < -0.39 is 11.9 Å². The van der Waals surface area contributed by atoms with E-state index in [0.717, 1.165) is 25.7 Å². The molecule has 0 radical (unpaired) electrons. The lowest BCUT2D eigenvalue weighted by atomic mass is 9.91. The van der Waals surface area contributed by atoms with E-state index in [-0.39, 0.29) is 0 Å². The average molecular weight is 174 g/mol. The predicted octanol–water partition coefficient (Wildman–Crippen LogP) is 1.30. The highest BCUT2D eigenvalue weighted by molar-refractivity contribution is 4.83. The van der Waals surface area contributed by atoms with Gasteiger partial charge in [-0.1, -0.05) is 6.42 Å². The molecule has 0 aromatic rings. The topological polar surface area (TPSA) is 38.7 Å². The number of hydrogen-bond acceptors (Lipinski definition) is 3. The van der Waals surface area contributed by atoms with Crippen molar-refractivity contribution in [2.45, 2.75) is 44.5 Å². The predicted molar refractivity (Wildman–Crippen MR) is 45.8 cm³/mol. The first-order valence-corrected chi connectivity index (χ1v) is 4.62. The Morgan fingerprint density at radius 3 is 2.75 bits per heavy atom.